The van der Waals surface area contributed by atoms with Gasteiger partial charge in [-0.15, -0.1) is 0 Å². The van der Waals surface area contributed by atoms with Gasteiger partial charge in [-0.1, -0.05) is 11.6 Å². The van der Waals surface area contributed by atoms with Crippen molar-refractivity contribution in [3.05, 3.63) is 29.0 Å². The molecule has 2 unspecified atom stereocenters. The van der Waals surface area contributed by atoms with Crippen LogP contribution in [0.25, 0.3) is 0 Å². The van der Waals surface area contributed by atoms with Crippen LogP contribution in [-0.2, 0) is 4.79 Å². The molecule has 0 radical (unpaired) electrons. The second-order valence-electron chi connectivity index (χ2n) is 6.69. The van der Waals surface area contributed by atoms with Crippen molar-refractivity contribution < 1.29 is 19.1 Å². The standard InChI is InChI=1S/C17H21ClFN3O3/c18-11-6-12(19)8-14(7-11)20-15(10-3-4-10)16(23)21-13-2-1-5-22(9-13)17(24)25/h6-8,10,13,15,20H,1-5,9H2,(H,21,23)(H,24,25). The predicted octanol–water partition coefficient (Wildman–Crippen LogP) is 2.93. The summed E-state index contributed by atoms with van der Waals surface area (Å²) in [6.07, 6.45) is 2.36. The summed E-state index contributed by atoms with van der Waals surface area (Å²) in [5.74, 6) is -0.448. The first-order valence-corrected chi connectivity index (χ1v) is 8.81. The average Bonchev–Trinajstić information content (AvgIpc) is 3.36. The van der Waals surface area contributed by atoms with Gasteiger partial charge >= 0.3 is 6.09 Å². The van der Waals surface area contributed by atoms with Crippen molar-refractivity contribution in [3.8, 4) is 0 Å². The van der Waals surface area contributed by atoms with E-state index >= 15 is 0 Å². The summed E-state index contributed by atoms with van der Waals surface area (Å²) in [4.78, 5) is 25.1. The molecule has 1 saturated heterocycles. The molecular weight excluding hydrogens is 349 g/mol. The lowest BCUT2D eigenvalue weighted by Crippen LogP contribution is -2.52. The Kier molecular flexibility index (Phi) is 5.32. The van der Waals surface area contributed by atoms with Gasteiger partial charge in [0.05, 0.1) is 0 Å². The first-order chi connectivity index (χ1) is 11.9. The lowest BCUT2D eigenvalue weighted by atomic mass is 10.0. The van der Waals surface area contributed by atoms with E-state index in [9.17, 15) is 14.0 Å². The first-order valence-electron chi connectivity index (χ1n) is 8.43. The van der Waals surface area contributed by atoms with Crippen LogP contribution in [0, 0.1) is 11.7 Å². The molecule has 6 nitrogen and oxygen atoms in total. The fraction of sp³-hybridized carbons (Fsp3) is 0.529. The Morgan fingerprint density at radius 3 is 2.68 bits per heavy atom. The van der Waals surface area contributed by atoms with E-state index in [1.807, 2.05) is 0 Å². The zero-order valence-corrected chi connectivity index (χ0v) is 14.4. The molecule has 2 aliphatic rings. The smallest absolute Gasteiger partial charge is 0.407 e. The minimum absolute atomic E-state index is 0.180. The molecule has 2 atom stereocenters. The second-order valence-corrected chi connectivity index (χ2v) is 7.13. The van der Waals surface area contributed by atoms with E-state index in [0.29, 0.717) is 18.8 Å². The van der Waals surface area contributed by atoms with E-state index in [-0.39, 0.29) is 22.9 Å². The quantitative estimate of drug-likeness (QED) is 0.745. The normalized spacial score (nSPS) is 21.5. The summed E-state index contributed by atoms with van der Waals surface area (Å²) >= 11 is 5.87. The number of carboxylic acid groups (broad SMARTS) is 1. The fourth-order valence-electron chi connectivity index (χ4n) is 3.20. The molecule has 1 aliphatic carbocycles. The van der Waals surface area contributed by atoms with E-state index in [1.165, 1.54) is 17.0 Å². The maximum atomic E-state index is 13.5. The van der Waals surface area contributed by atoms with Crippen molar-refractivity contribution in [1.29, 1.82) is 0 Å². The molecule has 1 aromatic rings. The number of carbonyl (C=O) groups is 2. The van der Waals surface area contributed by atoms with Crippen LogP contribution in [0.3, 0.4) is 0 Å². The molecule has 136 valence electrons. The van der Waals surface area contributed by atoms with E-state index in [4.69, 9.17) is 16.7 Å². The molecule has 3 N–H and O–H groups in total. The third-order valence-electron chi connectivity index (χ3n) is 4.60. The number of piperidine rings is 1. The maximum Gasteiger partial charge on any atom is 0.407 e. The van der Waals surface area contributed by atoms with Gasteiger partial charge in [-0.3, -0.25) is 4.79 Å². The number of hydrogen-bond acceptors (Lipinski definition) is 3. The van der Waals surface area contributed by atoms with Crippen molar-refractivity contribution in [2.75, 3.05) is 18.4 Å². The summed E-state index contributed by atoms with van der Waals surface area (Å²) in [5, 5.41) is 15.4. The molecule has 8 heteroatoms. The molecule has 1 saturated carbocycles. The number of hydrogen-bond donors (Lipinski definition) is 3. The number of nitrogens with one attached hydrogen (secondary N) is 2. The third-order valence-corrected chi connectivity index (χ3v) is 4.82. The van der Waals surface area contributed by atoms with Crippen LogP contribution in [0.15, 0.2) is 18.2 Å². The summed E-state index contributed by atoms with van der Waals surface area (Å²) in [6, 6.07) is 3.43. The van der Waals surface area contributed by atoms with Crippen LogP contribution >= 0.6 is 11.6 Å². The molecule has 2 amide bonds. The van der Waals surface area contributed by atoms with E-state index in [1.54, 1.807) is 6.07 Å². The molecule has 3 rings (SSSR count). The van der Waals surface area contributed by atoms with Crippen LogP contribution in [-0.4, -0.2) is 47.2 Å². The van der Waals surface area contributed by atoms with Gasteiger partial charge in [0.2, 0.25) is 5.91 Å². The Morgan fingerprint density at radius 1 is 1.28 bits per heavy atom. The molecule has 1 aromatic carbocycles. The van der Waals surface area contributed by atoms with Gasteiger partial charge in [0.25, 0.3) is 0 Å². The SMILES string of the molecule is O=C(NC1CCCN(C(=O)O)C1)C(Nc1cc(F)cc(Cl)c1)C1CC1. The zero-order valence-electron chi connectivity index (χ0n) is 13.7. The van der Waals surface area contributed by atoms with Gasteiger partial charge in [0.15, 0.2) is 0 Å². The van der Waals surface area contributed by atoms with Gasteiger partial charge in [-0.2, -0.15) is 0 Å². The number of rotatable bonds is 5. The van der Waals surface area contributed by atoms with Crippen molar-refractivity contribution >= 4 is 29.3 Å². The third kappa shape index (κ3) is 4.75. The monoisotopic (exact) mass is 369 g/mol. The molecule has 0 bridgehead atoms. The Morgan fingerprint density at radius 2 is 2.04 bits per heavy atom. The predicted molar refractivity (Wildman–Crippen MR) is 92.3 cm³/mol. The summed E-state index contributed by atoms with van der Waals surface area (Å²) in [5.41, 5.74) is 0.466. The maximum absolute atomic E-state index is 13.5. The van der Waals surface area contributed by atoms with Gasteiger partial charge in [0.1, 0.15) is 11.9 Å². The van der Waals surface area contributed by atoms with E-state index in [2.05, 4.69) is 10.6 Å². The van der Waals surface area contributed by atoms with Crippen LogP contribution in [0.4, 0.5) is 14.9 Å². The number of benzene rings is 1. The van der Waals surface area contributed by atoms with Crippen LogP contribution in [0.5, 0.6) is 0 Å². The Hall–Kier alpha value is -2.02. The topological polar surface area (TPSA) is 81.7 Å². The molecule has 0 aromatic heterocycles. The Balaban J connectivity index is 1.64. The highest BCUT2D eigenvalue weighted by Crippen LogP contribution is 2.35. The minimum Gasteiger partial charge on any atom is -0.465 e. The highest BCUT2D eigenvalue weighted by atomic mass is 35.5. The molecule has 2 fully saturated rings. The van der Waals surface area contributed by atoms with E-state index in [0.717, 1.165) is 25.7 Å². The highest BCUT2D eigenvalue weighted by molar-refractivity contribution is 6.30. The molecule has 1 aliphatic heterocycles. The Labute approximate surface area is 150 Å². The fourth-order valence-corrected chi connectivity index (χ4v) is 3.43. The van der Waals surface area contributed by atoms with Gasteiger partial charge < -0.3 is 20.6 Å². The van der Waals surface area contributed by atoms with Crippen molar-refractivity contribution in [1.82, 2.24) is 10.2 Å². The van der Waals surface area contributed by atoms with E-state index < -0.39 is 18.0 Å². The van der Waals surface area contributed by atoms with Crippen molar-refractivity contribution in [3.63, 3.8) is 0 Å². The van der Waals surface area contributed by atoms with Gasteiger partial charge in [-0.05, 0) is 49.8 Å². The van der Waals surface area contributed by atoms with Crippen LogP contribution in [0.1, 0.15) is 25.7 Å². The van der Waals surface area contributed by atoms with Crippen LogP contribution in [0.2, 0.25) is 5.02 Å². The largest absolute Gasteiger partial charge is 0.465 e. The van der Waals surface area contributed by atoms with Gasteiger partial charge in [-0.25, -0.2) is 9.18 Å². The number of carbonyl (C=O) groups excluding carboxylic acids is 1. The lowest BCUT2D eigenvalue weighted by molar-refractivity contribution is -0.123. The summed E-state index contributed by atoms with van der Waals surface area (Å²) in [6.45, 7) is 0.790. The van der Waals surface area contributed by atoms with Crippen LogP contribution < -0.4 is 10.6 Å². The number of amides is 2. The second kappa shape index (κ2) is 7.47. The zero-order chi connectivity index (χ0) is 18.0. The average molecular weight is 370 g/mol. The molecule has 1 heterocycles. The number of halogens is 2. The number of likely N-dealkylation sites (tertiary alicyclic amines) is 1. The summed E-state index contributed by atoms with van der Waals surface area (Å²) < 4.78 is 13.5. The number of nitrogens with zero attached hydrogens (tertiary/aromatic N) is 1. The lowest BCUT2D eigenvalue weighted by Gasteiger charge is -2.32. The van der Waals surface area contributed by atoms with Crippen molar-refractivity contribution in [2.45, 2.75) is 37.8 Å². The van der Waals surface area contributed by atoms with Gasteiger partial charge in [0, 0.05) is 29.8 Å². The minimum atomic E-state index is -0.967. The molecule has 0 spiro atoms. The Bertz CT molecular complexity index is 648. The first kappa shape index (κ1) is 17.8. The number of anilines is 1. The molecule has 25 heavy (non-hydrogen) atoms. The highest BCUT2D eigenvalue weighted by Gasteiger charge is 2.37. The summed E-state index contributed by atoms with van der Waals surface area (Å²) in [7, 11) is 0. The van der Waals surface area contributed by atoms with Crippen molar-refractivity contribution in [2.24, 2.45) is 5.92 Å². The molecular formula is C17H21ClFN3O3.